The van der Waals surface area contributed by atoms with E-state index in [0.717, 1.165) is 63.4 Å². The summed E-state index contributed by atoms with van der Waals surface area (Å²) in [5.41, 5.74) is 1.42. The zero-order valence-corrected chi connectivity index (χ0v) is 28.0. The summed E-state index contributed by atoms with van der Waals surface area (Å²) in [7, 11) is 0. The fraction of sp³-hybridized carbons (Fsp3) is 0.718. The van der Waals surface area contributed by atoms with Crippen molar-refractivity contribution in [3.8, 4) is 0 Å². The number of ketones is 2. The third-order valence-electron chi connectivity index (χ3n) is 14.8. The first-order valence-corrected chi connectivity index (χ1v) is 17.0. The van der Waals surface area contributed by atoms with Crippen LogP contribution in [0.4, 0.5) is 0 Å². The number of carbonyl (C=O) groups is 3. The molecule has 0 radical (unpaired) electrons. The number of Topliss-reactive ketones (excluding diaryl/α,β-unsaturated/α-hetero) is 1. The number of esters is 1. The molecule has 0 aliphatic heterocycles. The maximum atomic E-state index is 14.6. The lowest BCUT2D eigenvalue weighted by Crippen LogP contribution is -2.66. The Bertz CT molecular complexity index is 1360. The van der Waals surface area contributed by atoms with Crippen molar-refractivity contribution >= 4 is 17.5 Å². The predicted octanol–water partition coefficient (Wildman–Crippen LogP) is 8.92. The van der Waals surface area contributed by atoms with Crippen molar-refractivity contribution in [1.29, 1.82) is 0 Å². The van der Waals surface area contributed by atoms with E-state index in [2.05, 4.69) is 54.5 Å². The van der Waals surface area contributed by atoms with Crippen LogP contribution < -0.4 is 0 Å². The van der Waals surface area contributed by atoms with Gasteiger partial charge in [0.2, 0.25) is 0 Å². The number of fused-ring (bicyclic) bond motifs is 7. The van der Waals surface area contributed by atoms with Crippen LogP contribution in [-0.2, 0) is 25.7 Å². The molecule has 0 saturated heterocycles. The normalized spacial score (nSPS) is 45.0. The molecule has 9 atom stereocenters. The Kier molecular flexibility index (Phi) is 7.08. The lowest BCUT2D eigenvalue weighted by atomic mass is 9.33. The SMILES string of the molecule is CC(=O)[C@H]1CC[C@]2(C)[C@H]3C(=O)C=C4[C@@H]5C[C@@](C)(C(=O)OCc6ccccc6)CC[C@]5(C)CC[C@@]4(C)[C@]3(C)CC[C@H]2C1(C)C. The van der Waals surface area contributed by atoms with Crippen LogP contribution in [0.15, 0.2) is 42.0 Å². The number of allylic oxidation sites excluding steroid dienone is 2. The summed E-state index contributed by atoms with van der Waals surface area (Å²) >= 11 is 0. The fourth-order valence-corrected chi connectivity index (χ4v) is 12.0. The van der Waals surface area contributed by atoms with Crippen LogP contribution in [0.2, 0.25) is 0 Å². The quantitative estimate of drug-likeness (QED) is 0.331. The van der Waals surface area contributed by atoms with Gasteiger partial charge in [-0.1, -0.05) is 77.4 Å². The first-order valence-electron chi connectivity index (χ1n) is 17.0. The summed E-state index contributed by atoms with van der Waals surface area (Å²) in [4.78, 5) is 41.0. The Morgan fingerprint density at radius 3 is 2.21 bits per heavy atom. The molecule has 0 spiro atoms. The van der Waals surface area contributed by atoms with Gasteiger partial charge in [-0.3, -0.25) is 14.4 Å². The zero-order valence-electron chi connectivity index (χ0n) is 28.0. The van der Waals surface area contributed by atoms with Gasteiger partial charge < -0.3 is 4.74 Å². The van der Waals surface area contributed by atoms with Gasteiger partial charge in [0.1, 0.15) is 12.4 Å². The molecule has 0 heterocycles. The monoisotopic (exact) mass is 586 g/mol. The van der Waals surface area contributed by atoms with Crippen molar-refractivity contribution in [2.24, 2.45) is 56.2 Å². The Labute approximate surface area is 259 Å². The average Bonchev–Trinajstić information content (AvgIpc) is 2.93. The first kappa shape index (κ1) is 30.8. The standard InChI is InChI=1S/C39H54O4/c1-25(40)27-14-16-37(6)31(34(27,2)3)15-17-39(8)32(37)30(41)22-28-29-23-36(5,19-18-35(29,4)20-21-38(28,39)7)33(42)43-24-26-12-10-9-11-13-26/h9-13,22,27,29,31-32H,14-21,23-24H2,1-8H3/t27-,29+,31+,32-,35-,36+,37+,38-,39-/m1/s1. The highest BCUT2D eigenvalue weighted by Crippen LogP contribution is 2.75. The van der Waals surface area contributed by atoms with E-state index < -0.39 is 5.41 Å². The van der Waals surface area contributed by atoms with E-state index in [1.165, 1.54) is 5.57 Å². The van der Waals surface area contributed by atoms with E-state index in [1.54, 1.807) is 6.92 Å². The third-order valence-corrected chi connectivity index (χ3v) is 14.8. The number of rotatable bonds is 4. The van der Waals surface area contributed by atoms with Crippen LogP contribution in [0.25, 0.3) is 0 Å². The zero-order chi connectivity index (χ0) is 31.2. The van der Waals surface area contributed by atoms with Crippen molar-refractivity contribution < 1.29 is 19.1 Å². The second-order valence-corrected chi connectivity index (χ2v) is 17.3. The molecule has 5 aliphatic rings. The molecule has 1 aromatic rings. The average molecular weight is 587 g/mol. The molecule has 0 unspecified atom stereocenters. The van der Waals surface area contributed by atoms with Crippen molar-refractivity contribution in [2.75, 3.05) is 0 Å². The van der Waals surface area contributed by atoms with E-state index in [1.807, 2.05) is 30.3 Å². The van der Waals surface area contributed by atoms with Gasteiger partial charge in [0.15, 0.2) is 5.78 Å². The highest BCUT2D eigenvalue weighted by Gasteiger charge is 2.70. The Morgan fingerprint density at radius 1 is 0.860 bits per heavy atom. The Balaban J connectivity index is 1.33. The molecule has 0 N–H and O–H groups in total. The number of benzene rings is 1. The molecule has 0 bridgehead atoms. The van der Waals surface area contributed by atoms with Crippen LogP contribution in [0.1, 0.15) is 119 Å². The van der Waals surface area contributed by atoms with Crippen LogP contribution in [0.5, 0.6) is 0 Å². The summed E-state index contributed by atoms with van der Waals surface area (Å²) in [5, 5.41) is 0. The highest BCUT2D eigenvalue weighted by molar-refractivity contribution is 5.96. The topological polar surface area (TPSA) is 60.4 Å². The Hall–Kier alpha value is -2.23. The van der Waals surface area contributed by atoms with E-state index in [0.29, 0.717) is 24.1 Å². The predicted molar refractivity (Wildman–Crippen MR) is 170 cm³/mol. The summed E-state index contributed by atoms with van der Waals surface area (Å²) in [6.45, 7) is 18.5. The van der Waals surface area contributed by atoms with Gasteiger partial charge in [0.25, 0.3) is 0 Å². The number of carbonyl (C=O) groups excluding carboxylic acids is 3. The second-order valence-electron chi connectivity index (χ2n) is 17.3. The number of ether oxygens (including phenoxy) is 1. The molecular weight excluding hydrogens is 532 g/mol. The van der Waals surface area contributed by atoms with E-state index in [9.17, 15) is 14.4 Å². The fourth-order valence-electron chi connectivity index (χ4n) is 12.0. The van der Waals surface area contributed by atoms with Gasteiger partial charge >= 0.3 is 5.97 Å². The largest absolute Gasteiger partial charge is 0.460 e. The van der Waals surface area contributed by atoms with Gasteiger partial charge in [0, 0.05) is 11.8 Å². The van der Waals surface area contributed by atoms with Gasteiger partial charge in [0.05, 0.1) is 5.41 Å². The van der Waals surface area contributed by atoms with Crippen molar-refractivity contribution in [1.82, 2.24) is 0 Å². The molecule has 4 saturated carbocycles. The summed E-state index contributed by atoms with van der Waals surface area (Å²) in [5.74, 6) is 1.11. The van der Waals surface area contributed by atoms with E-state index in [4.69, 9.17) is 4.74 Å². The van der Waals surface area contributed by atoms with Gasteiger partial charge in [-0.25, -0.2) is 0 Å². The summed E-state index contributed by atoms with van der Waals surface area (Å²) in [6, 6.07) is 9.93. The van der Waals surface area contributed by atoms with Crippen molar-refractivity contribution in [3.63, 3.8) is 0 Å². The van der Waals surface area contributed by atoms with Gasteiger partial charge in [-0.2, -0.15) is 0 Å². The van der Waals surface area contributed by atoms with Gasteiger partial charge in [-0.15, -0.1) is 0 Å². The summed E-state index contributed by atoms with van der Waals surface area (Å²) in [6.07, 6.45) is 10.8. The molecular formula is C39H54O4. The van der Waals surface area contributed by atoms with Crippen molar-refractivity contribution in [3.05, 3.63) is 47.5 Å². The molecule has 43 heavy (non-hydrogen) atoms. The third kappa shape index (κ3) is 4.31. The highest BCUT2D eigenvalue weighted by atomic mass is 16.5. The molecule has 1 aromatic carbocycles. The molecule has 0 aromatic heterocycles. The second kappa shape index (κ2) is 9.88. The molecule has 4 heteroatoms. The van der Waals surface area contributed by atoms with Crippen LogP contribution in [-0.4, -0.2) is 17.5 Å². The molecule has 234 valence electrons. The minimum Gasteiger partial charge on any atom is -0.460 e. The van der Waals surface area contributed by atoms with Crippen molar-refractivity contribution in [2.45, 2.75) is 120 Å². The molecule has 4 fully saturated rings. The lowest BCUT2D eigenvalue weighted by molar-refractivity contribution is -0.194. The number of hydrogen-bond acceptors (Lipinski definition) is 4. The van der Waals surface area contributed by atoms with Crippen LogP contribution in [0, 0.1) is 56.2 Å². The van der Waals surface area contributed by atoms with Gasteiger partial charge in [-0.05, 0) is 122 Å². The van der Waals surface area contributed by atoms with E-state index >= 15 is 0 Å². The van der Waals surface area contributed by atoms with E-state index in [-0.39, 0.29) is 50.8 Å². The molecule has 4 nitrogen and oxygen atoms in total. The first-order chi connectivity index (χ1) is 20.0. The molecule has 5 aliphatic carbocycles. The molecule has 6 rings (SSSR count). The maximum Gasteiger partial charge on any atom is 0.312 e. The minimum absolute atomic E-state index is 0.0325. The Morgan fingerprint density at radius 2 is 1.53 bits per heavy atom. The summed E-state index contributed by atoms with van der Waals surface area (Å²) < 4.78 is 5.94. The minimum atomic E-state index is -0.558. The van der Waals surface area contributed by atoms with Crippen LogP contribution >= 0.6 is 0 Å². The molecule has 0 amide bonds. The maximum absolute atomic E-state index is 14.6. The lowest BCUT2D eigenvalue weighted by Gasteiger charge is -2.70. The number of hydrogen-bond donors (Lipinski definition) is 0. The smallest absolute Gasteiger partial charge is 0.312 e. The van der Waals surface area contributed by atoms with Crippen LogP contribution in [0.3, 0.4) is 0 Å².